The smallest absolute Gasteiger partial charge is 0.269 e. The number of methoxy groups -OCH3 is 3. The van der Waals surface area contributed by atoms with Crippen LogP contribution in [-0.4, -0.2) is 43.3 Å². The van der Waals surface area contributed by atoms with Gasteiger partial charge in [0.05, 0.1) is 39.4 Å². The van der Waals surface area contributed by atoms with E-state index >= 15 is 0 Å². The first-order valence-electron chi connectivity index (χ1n) is 11.4. The summed E-state index contributed by atoms with van der Waals surface area (Å²) < 4.78 is 18.0. The summed E-state index contributed by atoms with van der Waals surface area (Å²) in [4.78, 5) is 17.0. The van der Waals surface area contributed by atoms with Gasteiger partial charge in [0.15, 0.2) is 0 Å². The third-order valence-corrected chi connectivity index (χ3v) is 5.82. The number of imidazole rings is 1. The quantitative estimate of drug-likeness (QED) is 0.332. The highest BCUT2D eigenvalue weighted by atomic mass is 16.5. The molecule has 0 aliphatic carbocycles. The number of nitrogens with one attached hydrogen (secondary N) is 1. The van der Waals surface area contributed by atoms with Crippen LogP contribution in [0.4, 0.5) is 0 Å². The van der Waals surface area contributed by atoms with Gasteiger partial charge in [0, 0.05) is 12.2 Å². The number of ether oxygens (including phenoxy) is 3. The van der Waals surface area contributed by atoms with Crippen molar-refractivity contribution in [3.05, 3.63) is 90.5 Å². The minimum Gasteiger partial charge on any atom is -0.497 e. The molecule has 1 heterocycles. The summed E-state index contributed by atoms with van der Waals surface area (Å²) >= 11 is 0. The zero-order valence-electron chi connectivity index (χ0n) is 20.2. The van der Waals surface area contributed by atoms with Crippen molar-refractivity contribution in [3.8, 4) is 34.1 Å². The maximum atomic E-state index is 12.8. The van der Waals surface area contributed by atoms with Gasteiger partial charge < -0.3 is 19.5 Å². The molecule has 7 nitrogen and oxygen atoms in total. The number of aromatic nitrogens is 2. The summed E-state index contributed by atoms with van der Waals surface area (Å²) in [5.74, 6) is 2.14. The highest BCUT2D eigenvalue weighted by Gasteiger charge is 2.15. The van der Waals surface area contributed by atoms with E-state index in [-0.39, 0.29) is 5.91 Å². The third-order valence-electron chi connectivity index (χ3n) is 5.82. The molecular formula is C28H29N3O4. The van der Waals surface area contributed by atoms with Crippen molar-refractivity contribution in [2.75, 3.05) is 27.9 Å². The summed E-state index contributed by atoms with van der Waals surface area (Å²) in [6.07, 6.45) is 4.93. The Balaban J connectivity index is 1.42. The van der Waals surface area contributed by atoms with Gasteiger partial charge in [-0.05, 0) is 60.4 Å². The average molecular weight is 472 g/mol. The number of rotatable bonds is 10. The van der Waals surface area contributed by atoms with Crippen molar-refractivity contribution in [1.29, 1.82) is 0 Å². The molecule has 0 saturated heterocycles. The number of aryl methyl sites for hydroxylation is 1. The van der Waals surface area contributed by atoms with Crippen LogP contribution in [0, 0.1) is 0 Å². The minimum atomic E-state index is -0.160. The van der Waals surface area contributed by atoms with E-state index in [1.165, 1.54) is 5.56 Å². The Morgan fingerprint density at radius 3 is 2.20 bits per heavy atom. The van der Waals surface area contributed by atoms with Gasteiger partial charge in [-0.15, -0.1) is 0 Å². The van der Waals surface area contributed by atoms with E-state index in [1.807, 2.05) is 66.7 Å². The Labute approximate surface area is 205 Å². The molecule has 0 saturated carbocycles. The van der Waals surface area contributed by atoms with Crippen LogP contribution in [0.15, 0.2) is 79.3 Å². The summed E-state index contributed by atoms with van der Waals surface area (Å²) in [5, 5.41) is 3.00. The zero-order chi connectivity index (χ0) is 24.6. The molecule has 1 aromatic heterocycles. The van der Waals surface area contributed by atoms with E-state index in [9.17, 15) is 4.79 Å². The predicted octanol–water partition coefficient (Wildman–Crippen LogP) is 4.93. The van der Waals surface area contributed by atoms with Crippen LogP contribution in [-0.2, 0) is 6.42 Å². The number of nitrogens with zero attached hydrogens (tertiary/aromatic N) is 2. The van der Waals surface area contributed by atoms with Gasteiger partial charge in [0.2, 0.25) is 0 Å². The average Bonchev–Trinajstić information content (AvgIpc) is 3.41. The Morgan fingerprint density at radius 1 is 0.886 bits per heavy atom. The molecule has 35 heavy (non-hydrogen) atoms. The predicted molar refractivity (Wildman–Crippen MR) is 136 cm³/mol. The summed E-state index contributed by atoms with van der Waals surface area (Å²) in [5.41, 5.74) is 4.36. The van der Waals surface area contributed by atoms with E-state index in [2.05, 4.69) is 10.3 Å². The summed E-state index contributed by atoms with van der Waals surface area (Å²) in [6, 6.07) is 21.5. The van der Waals surface area contributed by atoms with E-state index in [4.69, 9.17) is 14.2 Å². The monoisotopic (exact) mass is 471 g/mol. The molecule has 0 unspecified atom stereocenters. The molecule has 0 fully saturated rings. The summed E-state index contributed by atoms with van der Waals surface area (Å²) in [7, 11) is 4.93. The van der Waals surface area contributed by atoms with Crippen LogP contribution in [0.3, 0.4) is 0 Å². The molecule has 180 valence electrons. The Bertz CT molecular complexity index is 1240. The number of carbonyl (C=O) groups excluding carboxylic acids is 1. The van der Waals surface area contributed by atoms with Crippen LogP contribution in [0.5, 0.6) is 17.2 Å². The van der Waals surface area contributed by atoms with Crippen LogP contribution in [0.25, 0.3) is 16.8 Å². The van der Waals surface area contributed by atoms with Gasteiger partial charge in [-0.1, -0.05) is 30.3 Å². The van der Waals surface area contributed by atoms with E-state index in [0.29, 0.717) is 12.2 Å². The molecule has 0 bridgehead atoms. The van der Waals surface area contributed by atoms with Gasteiger partial charge in [-0.3, -0.25) is 9.36 Å². The fraction of sp³-hybridized carbons (Fsp3) is 0.214. The number of hydrogen-bond donors (Lipinski definition) is 1. The molecule has 0 atom stereocenters. The van der Waals surface area contributed by atoms with E-state index < -0.39 is 0 Å². The lowest BCUT2D eigenvalue weighted by molar-refractivity contribution is 0.0946. The molecule has 0 spiro atoms. The molecule has 1 N–H and O–H groups in total. The van der Waals surface area contributed by atoms with Crippen LogP contribution < -0.4 is 19.5 Å². The molecule has 0 aliphatic heterocycles. The second kappa shape index (κ2) is 11.2. The molecule has 1 amide bonds. The van der Waals surface area contributed by atoms with Gasteiger partial charge in [-0.2, -0.15) is 0 Å². The first-order chi connectivity index (χ1) is 17.1. The van der Waals surface area contributed by atoms with Crippen LogP contribution in [0.1, 0.15) is 22.5 Å². The number of hydrogen-bond acceptors (Lipinski definition) is 5. The van der Waals surface area contributed by atoms with Gasteiger partial charge in [0.25, 0.3) is 5.91 Å². The second-order valence-corrected chi connectivity index (χ2v) is 7.94. The van der Waals surface area contributed by atoms with E-state index in [1.54, 1.807) is 38.4 Å². The highest BCUT2D eigenvalue weighted by molar-refractivity contribution is 5.93. The SMILES string of the molecule is COc1ccc(CCCNC(=O)c2cncn2-c2ccc(-c3c(OC)cccc3OC)cc2)cc1. The van der Waals surface area contributed by atoms with Crippen molar-refractivity contribution < 1.29 is 19.0 Å². The maximum Gasteiger partial charge on any atom is 0.269 e. The molecule has 4 rings (SSSR count). The second-order valence-electron chi connectivity index (χ2n) is 7.94. The van der Waals surface area contributed by atoms with Crippen molar-refractivity contribution in [1.82, 2.24) is 14.9 Å². The Morgan fingerprint density at radius 2 is 1.57 bits per heavy atom. The topological polar surface area (TPSA) is 74.6 Å². The highest BCUT2D eigenvalue weighted by Crippen LogP contribution is 2.38. The first kappa shape index (κ1) is 23.9. The van der Waals surface area contributed by atoms with Crippen LogP contribution in [0.2, 0.25) is 0 Å². The maximum absolute atomic E-state index is 12.8. The van der Waals surface area contributed by atoms with Gasteiger partial charge in [-0.25, -0.2) is 4.98 Å². The van der Waals surface area contributed by atoms with Crippen molar-refractivity contribution in [2.45, 2.75) is 12.8 Å². The minimum absolute atomic E-state index is 0.160. The fourth-order valence-corrected chi connectivity index (χ4v) is 3.97. The molecule has 4 aromatic rings. The standard InChI is InChI=1S/C28H29N3O4/c1-33-23-15-9-20(10-16-23)6-5-17-30-28(32)24-18-29-19-31(24)22-13-11-21(12-14-22)27-25(34-2)7-4-8-26(27)35-3/h4,7-16,18-19H,5-6,17H2,1-3H3,(H,30,32). The Kier molecular flexibility index (Phi) is 7.67. The van der Waals surface area contributed by atoms with Gasteiger partial charge in [0.1, 0.15) is 22.9 Å². The molecular weight excluding hydrogens is 442 g/mol. The molecule has 0 radical (unpaired) electrons. The van der Waals surface area contributed by atoms with Crippen molar-refractivity contribution in [2.24, 2.45) is 0 Å². The zero-order valence-corrected chi connectivity index (χ0v) is 20.2. The molecule has 7 heteroatoms. The molecule has 0 aliphatic rings. The first-order valence-corrected chi connectivity index (χ1v) is 11.4. The normalized spacial score (nSPS) is 10.6. The third kappa shape index (κ3) is 5.46. The Hall–Kier alpha value is -4.26. The van der Waals surface area contributed by atoms with Gasteiger partial charge >= 0.3 is 0 Å². The number of carbonyl (C=O) groups is 1. The lowest BCUT2D eigenvalue weighted by Gasteiger charge is -2.14. The van der Waals surface area contributed by atoms with E-state index in [0.717, 1.165) is 46.9 Å². The lowest BCUT2D eigenvalue weighted by Crippen LogP contribution is -2.26. The fourth-order valence-electron chi connectivity index (χ4n) is 3.97. The lowest BCUT2D eigenvalue weighted by atomic mass is 10.0. The van der Waals surface area contributed by atoms with Crippen molar-refractivity contribution in [3.63, 3.8) is 0 Å². The summed E-state index contributed by atoms with van der Waals surface area (Å²) in [6.45, 7) is 0.572. The number of amides is 1. The number of benzene rings is 3. The van der Waals surface area contributed by atoms with Crippen molar-refractivity contribution >= 4 is 5.91 Å². The van der Waals surface area contributed by atoms with Crippen LogP contribution >= 0.6 is 0 Å². The largest absolute Gasteiger partial charge is 0.497 e. The molecule has 3 aromatic carbocycles.